The molecule has 118 valence electrons. The molecule has 2 rings (SSSR count). The van der Waals surface area contributed by atoms with E-state index in [0.717, 1.165) is 50.7 Å². The summed E-state index contributed by atoms with van der Waals surface area (Å²) < 4.78 is 11.2. The fourth-order valence-corrected chi connectivity index (χ4v) is 2.37. The van der Waals surface area contributed by atoms with Crippen LogP contribution in [0.1, 0.15) is 32.6 Å². The molecule has 0 saturated carbocycles. The Hall–Kier alpha value is -1.26. The van der Waals surface area contributed by atoms with Gasteiger partial charge in [0.25, 0.3) is 0 Å². The second-order valence-corrected chi connectivity index (χ2v) is 5.49. The van der Waals surface area contributed by atoms with Crippen LogP contribution >= 0.6 is 0 Å². The van der Waals surface area contributed by atoms with E-state index in [9.17, 15) is 0 Å². The van der Waals surface area contributed by atoms with Crippen LogP contribution in [0.25, 0.3) is 0 Å². The Bertz CT molecular complexity index is 375. The molecule has 1 aromatic rings. The molecule has 1 atom stereocenters. The van der Waals surface area contributed by atoms with E-state index in [2.05, 4.69) is 29.7 Å². The SMILES string of the molecule is CCCCOc1ccc(NCCNCC2CCCO2)cc1. The molecule has 0 radical (unpaired) electrons. The molecule has 2 N–H and O–H groups in total. The van der Waals surface area contributed by atoms with Gasteiger partial charge in [0, 0.05) is 31.9 Å². The van der Waals surface area contributed by atoms with Crippen LogP contribution in [0.3, 0.4) is 0 Å². The van der Waals surface area contributed by atoms with E-state index in [-0.39, 0.29) is 0 Å². The molecule has 1 unspecified atom stereocenters. The molecule has 21 heavy (non-hydrogen) atoms. The lowest BCUT2D eigenvalue weighted by molar-refractivity contribution is 0.110. The van der Waals surface area contributed by atoms with Gasteiger partial charge >= 0.3 is 0 Å². The van der Waals surface area contributed by atoms with Gasteiger partial charge in [-0.3, -0.25) is 0 Å². The number of nitrogens with one attached hydrogen (secondary N) is 2. The number of ether oxygens (including phenoxy) is 2. The van der Waals surface area contributed by atoms with Crippen molar-refractivity contribution in [2.75, 3.05) is 38.2 Å². The van der Waals surface area contributed by atoms with Crippen molar-refractivity contribution in [3.8, 4) is 5.75 Å². The van der Waals surface area contributed by atoms with E-state index in [1.54, 1.807) is 0 Å². The summed E-state index contributed by atoms with van der Waals surface area (Å²) in [4.78, 5) is 0. The van der Waals surface area contributed by atoms with Crippen molar-refractivity contribution in [1.82, 2.24) is 5.32 Å². The predicted octanol–water partition coefficient (Wildman–Crippen LogP) is 3.05. The summed E-state index contributed by atoms with van der Waals surface area (Å²) in [6.45, 7) is 6.74. The van der Waals surface area contributed by atoms with Crippen LogP contribution in [-0.4, -0.2) is 39.0 Å². The lowest BCUT2D eigenvalue weighted by Crippen LogP contribution is -2.30. The van der Waals surface area contributed by atoms with Gasteiger partial charge in [0.1, 0.15) is 5.75 Å². The van der Waals surface area contributed by atoms with Crippen LogP contribution in [0.5, 0.6) is 5.75 Å². The van der Waals surface area contributed by atoms with E-state index in [1.807, 2.05) is 12.1 Å². The molecule has 1 aromatic carbocycles. The van der Waals surface area contributed by atoms with Crippen molar-refractivity contribution in [2.24, 2.45) is 0 Å². The van der Waals surface area contributed by atoms with Crippen LogP contribution in [0, 0.1) is 0 Å². The first-order valence-corrected chi connectivity index (χ1v) is 8.17. The first-order valence-electron chi connectivity index (χ1n) is 8.17. The first kappa shape index (κ1) is 16.1. The number of unbranched alkanes of at least 4 members (excludes halogenated alkanes) is 1. The highest BCUT2D eigenvalue weighted by Crippen LogP contribution is 2.15. The molecule has 1 aliphatic rings. The largest absolute Gasteiger partial charge is 0.494 e. The highest BCUT2D eigenvalue weighted by atomic mass is 16.5. The molecule has 4 nitrogen and oxygen atoms in total. The number of hydrogen-bond acceptors (Lipinski definition) is 4. The summed E-state index contributed by atoms with van der Waals surface area (Å²) in [5, 5.41) is 6.84. The van der Waals surface area contributed by atoms with Gasteiger partial charge in [0.15, 0.2) is 0 Å². The molecule has 1 fully saturated rings. The number of hydrogen-bond donors (Lipinski definition) is 2. The molecule has 0 amide bonds. The molecular formula is C17H28N2O2. The normalized spacial score (nSPS) is 17.9. The van der Waals surface area contributed by atoms with Gasteiger partial charge in [0.2, 0.25) is 0 Å². The minimum atomic E-state index is 0.421. The first-order chi connectivity index (χ1) is 10.4. The van der Waals surface area contributed by atoms with Gasteiger partial charge in [-0.2, -0.15) is 0 Å². The van der Waals surface area contributed by atoms with Gasteiger partial charge in [-0.05, 0) is 43.5 Å². The topological polar surface area (TPSA) is 42.5 Å². The van der Waals surface area contributed by atoms with E-state index < -0.39 is 0 Å². The van der Waals surface area contributed by atoms with E-state index in [0.29, 0.717) is 6.10 Å². The highest BCUT2D eigenvalue weighted by molar-refractivity contribution is 5.46. The number of benzene rings is 1. The van der Waals surface area contributed by atoms with Gasteiger partial charge in [-0.1, -0.05) is 13.3 Å². The van der Waals surface area contributed by atoms with Crippen LogP contribution in [0.15, 0.2) is 24.3 Å². The molecule has 0 aromatic heterocycles. The van der Waals surface area contributed by atoms with Crippen LogP contribution < -0.4 is 15.4 Å². The second kappa shape index (κ2) is 9.64. The van der Waals surface area contributed by atoms with Crippen molar-refractivity contribution in [2.45, 2.75) is 38.7 Å². The monoisotopic (exact) mass is 292 g/mol. The molecule has 1 aliphatic heterocycles. The van der Waals surface area contributed by atoms with Gasteiger partial charge < -0.3 is 20.1 Å². The van der Waals surface area contributed by atoms with Crippen molar-refractivity contribution in [3.63, 3.8) is 0 Å². The fourth-order valence-electron chi connectivity index (χ4n) is 2.37. The van der Waals surface area contributed by atoms with Gasteiger partial charge in [-0.15, -0.1) is 0 Å². The third-order valence-corrected chi connectivity index (χ3v) is 3.65. The van der Waals surface area contributed by atoms with Gasteiger partial charge in [-0.25, -0.2) is 0 Å². The van der Waals surface area contributed by atoms with Crippen LogP contribution in [0.4, 0.5) is 5.69 Å². The molecule has 0 spiro atoms. The zero-order valence-electron chi connectivity index (χ0n) is 13.1. The molecule has 4 heteroatoms. The van der Waals surface area contributed by atoms with Crippen molar-refractivity contribution < 1.29 is 9.47 Å². The Kier molecular flexibility index (Phi) is 7.39. The zero-order chi connectivity index (χ0) is 14.8. The molecule has 0 bridgehead atoms. The second-order valence-electron chi connectivity index (χ2n) is 5.49. The lowest BCUT2D eigenvalue weighted by atomic mass is 10.2. The Balaban J connectivity index is 1.55. The van der Waals surface area contributed by atoms with Crippen molar-refractivity contribution in [3.05, 3.63) is 24.3 Å². The maximum absolute atomic E-state index is 5.65. The summed E-state index contributed by atoms with van der Waals surface area (Å²) in [5.74, 6) is 0.950. The summed E-state index contributed by atoms with van der Waals surface area (Å²) >= 11 is 0. The van der Waals surface area contributed by atoms with E-state index >= 15 is 0 Å². The quantitative estimate of drug-likeness (QED) is 0.651. The average Bonchev–Trinajstić information content (AvgIpc) is 3.02. The van der Waals surface area contributed by atoms with Crippen molar-refractivity contribution in [1.29, 1.82) is 0 Å². The Morgan fingerprint density at radius 3 is 2.81 bits per heavy atom. The van der Waals surface area contributed by atoms with E-state index in [4.69, 9.17) is 9.47 Å². The maximum atomic E-state index is 5.65. The smallest absolute Gasteiger partial charge is 0.119 e. The van der Waals surface area contributed by atoms with Gasteiger partial charge in [0.05, 0.1) is 12.7 Å². The molecule has 0 aliphatic carbocycles. The minimum absolute atomic E-state index is 0.421. The summed E-state index contributed by atoms with van der Waals surface area (Å²) in [6.07, 6.45) is 5.09. The summed E-state index contributed by atoms with van der Waals surface area (Å²) in [5.41, 5.74) is 1.14. The molecule has 1 heterocycles. The fraction of sp³-hybridized carbons (Fsp3) is 0.647. The Morgan fingerprint density at radius 1 is 1.24 bits per heavy atom. The average molecular weight is 292 g/mol. The van der Waals surface area contributed by atoms with Crippen molar-refractivity contribution >= 4 is 5.69 Å². The standard InChI is InChI=1S/C17H28N2O2/c1-2-3-12-20-16-8-6-15(7-9-16)19-11-10-18-14-17-5-4-13-21-17/h6-9,17-19H,2-5,10-14H2,1H3. The maximum Gasteiger partial charge on any atom is 0.119 e. The Labute approximate surface area is 128 Å². The zero-order valence-corrected chi connectivity index (χ0v) is 13.1. The molecule has 1 saturated heterocycles. The third kappa shape index (κ3) is 6.36. The number of rotatable bonds is 10. The summed E-state index contributed by atoms with van der Waals surface area (Å²) in [7, 11) is 0. The number of anilines is 1. The Morgan fingerprint density at radius 2 is 2.10 bits per heavy atom. The third-order valence-electron chi connectivity index (χ3n) is 3.65. The van der Waals surface area contributed by atoms with Crippen LogP contribution in [0.2, 0.25) is 0 Å². The molecular weight excluding hydrogens is 264 g/mol. The van der Waals surface area contributed by atoms with Crippen LogP contribution in [-0.2, 0) is 4.74 Å². The highest BCUT2D eigenvalue weighted by Gasteiger charge is 2.13. The minimum Gasteiger partial charge on any atom is -0.494 e. The lowest BCUT2D eigenvalue weighted by Gasteiger charge is -2.12. The summed E-state index contributed by atoms with van der Waals surface area (Å²) in [6, 6.07) is 8.19. The predicted molar refractivity (Wildman–Crippen MR) is 87.2 cm³/mol. The van der Waals surface area contributed by atoms with E-state index in [1.165, 1.54) is 19.3 Å².